The van der Waals surface area contributed by atoms with E-state index >= 15 is 0 Å². The lowest BCUT2D eigenvalue weighted by Gasteiger charge is -2.26. The number of hydrogen-bond donors (Lipinski definition) is 7. The van der Waals surface area contributed by atoms with Gasteiger partial charge in [0.1, 0.15) is 24.2 Å². The summed E-state index contributed by atoms with van der Waals surface area (Å²) in [7, 11) is 7.30. The number of carbonyl (C=O) groups is 8. The van der Waals surface area contributed by atoms with Gasteiger partial charge in [-0.05, 0) is 32.6 Å². The van der Waals surface area contributed by atoms with Crippen molar-refractivity contribution in [2.45, 2.75) is 127 Å². The van der Waals surface area contributed by atoms with Gasteiger partial charge in [0.2, 0.25) is 29.5 Å². The number of nitrogens with one attached hydrogen (secondary N) is 5. The van der Waals surface area contributed by atoms with Crippen molar-refractivity contribution in [2.75, 3.05) is 51.5 Å². The van der Waals surface area contributed by atoms with Crippen molar-refractivity contribution in [2.24, 2.45) is 5.73 Å². The highest BCUT2D eigenvalue weighted by Crippen LogP contribution is 2.36. The lowest BCUT2D eigenvalue weighted by atomic mass is 10.1. The number of unbranched alkanes of at least 4 members (excludes halogenated alkanes) is 1. The van der Waals surface area contributed by atoms with E-state index in [1.807, 2.05) is 41.5 Å². The Balaban J connectivity index is 3.21. The maximum Gasteiger partial charge on any atom is 0.303 e. The van der Waals surface area contributed by atoms with Gasteiger partial charge in [0.25, 0.3) is 11.8 Å². The number of nitrogens with zero attached hydrogens (tertiary/aromatic N) is 1. The molecule has 0 aromatic rings. The summed E-state index contributed by atoms with van der Waals surface area (Å²) in [5.74, 6) is -4.62. The largest absolute Gasteiger partial charge is 0.481 e. The van der Waals surface area contributed by atoms with E-state index in [4.69, 9.17) is 20.3 Å². The standard InChI is InChI=1S/C38H65N7O11S4/c1-24(12-15-32(49)50)56-20-18-41-33(51)26(22-57-59-37(2,3)4)44-34(52)25(11-9-10-17-40-36(54)28(21-39)45-30(47)13-14-31(45)48)43-35(53)27(23-58-60-38(5,6)7)42-29(46)16-19-55-8/h13-14,24-28H,9-12,15-23,39H2,1-8H3,(H,40,54)(H,41,51)(H,42,46)(H,43,53)(H,44,52)(H,49,50)/t24?,25-,26-,27-,28-/m0/s1. The normalized spacial score (nSPS) is 15.4. The lowest BCUT2D eigenvalue weighted by Crippen LogP contribution is -2.57. The molecule has 1 aliphatic heterocycles. The first kappa shape index (κ1) is 55.0. The average Bonchev–Trinajstić information content (AvgIpc) is 3.48. The van der Waals surface area contributed by atoms with Gasteiger partial charge in [-0.1, -0.05) is 84.7 Å². The molecule has 1 heterocycles. The zero-order chi connectivity index (χ0) is 45.5. The van der Waals surface area contributed by atoms with E-state index in [2.05, 4.69) is 26.6 Å². The van der Waals surface area contributed by atoms with Crippen LogP contribution in [0, 0.1) is 0 Å². The fraction of sp³-hybridized carbons (Fsp3) is 0.737. The zero-order valence-electron chi connectivity index (χ0n) is 35.9. The van der Waals surface area contributed by atoms with Crippen molar-refractivity contribution < 1.29 is 52.9 Å². The van der Waals surface area contributed by atoms with Crippen LogP contribution < -0.4 is 32.3 Å². The monoisotopic (exact) mass is 923 g/mol. The van der Waals surface area contributed by atoms with Crippen LogP contribution in [0.3, 0.4) is 0 Å². The maximum absolute atomic E-state index is 14.1. The van der Waals surface area contributed by atoms with Crippen LogP contribution in [0.25, 0.3) is 0 Å². The van der Waals surface area contributed by atoms with Gasteiger partial charge in [0.05, 0.1) is 19.3 Å². The summed E-state index contributed by atoms with van der Waals surface area (Å²) in [4.78, 5) is 103. The van der Waals surface area contributed by atoms with Crippen LogP contribution in [0.1, 0.15) is 87.0 Å². The second kappa shape index (κ2) is 28.6. The average molecular weight is 924 g/mol. The fourth-order valence-corrected chi connectivity index (χ4v) is 9.95. The van der Waals surface area contributed by atoms with Gasteiger partial charge >= 0.3 is 5.97 Å². The predicted molar refractivity (Wildman–Crippen MR) is 238 cm³/mol. The van der Waals surface area contributed by atoms with E-state index in [9.17, 15) is 38.4 Å². The van der Waals surface area contributed by atoms with Crippen molar-refractivity contribution >= 4 is 90.5 Å². The van der Waals surface area contributed by atoms with Crippen molar-refractivity contribution in [3.63, 3.8) is 0 Å². The van der Waals surface area contributed by atoms with Gasteiger partial charge in [-0.3, -0.25) is 43.3 Å². The Morgan fingerprint density at radius 3 is 1.80 bits per heavy atom. The molecule has 0 aromatic heterocycles. The molecule has 7 amide bonds. The van der Waals surface area contributed by atoms with Crippen LogP contribution in [0.2, 0.25) is 0 Å². The summed E-state index contributed by atoms with van der Waals surface area (Å²) in [5, 5.41) is 22.7. The molecule has 0 spiro atoms. The van der Waals surface area contributed by atoms with Crippen LogP contribution in [0.15, 0.2) is 12.2 Å². The number of rotatable bonds is 30. The number of carboxylic acids is 1. The van der Waals surface area contributed by atoms with Gasteiger partial charge in [-0.2, -0.15) is 0 Å². The molecule has 0 aromatic carbocycles. The smallest absolute Gasteiger partial charge is 0.303 e. The second-order valence-electron chi connectivity index (χ2n) is 15.8. The van der Waals surface area contributed by atoms with Crippen LogP contribution >= 0.6 is 43.2 Å². The molecule has 342 valence electrons. The summed E-state index contributed by atoms with van der Waals surface area (Å²) >= 11 is 0. The van der Waals surface area contributed by atoms with Gasteiger partial charge in [0.15, 0.2) is 0 Å². The Morgan fingerprint density at radius 1 is 0.733 bits per heavy atom. The van der Waals surface area contributed by atoms with Gasteiger partial charge in [-0.25, -0.2) is 0 Å². The Bertz CT molecular complexity index is 1460. The number of imide groups is 1. The molecule has 22 heteroatoms. The third-order valence-electron chi connectivity index (χ3n) is 8.01. The summed E-state index contributed by atoms with van der Waals surface area (Å²) in [6.07, 6.45) is 2.76. The Kier molecular flexibility index (Phi) is 26.2. The molecular weight excluding hydrogens is 859 g/mol. The van der Waals surface area contributed by atoms with Crippen LogP contribution in [-0.4, -0.2) is 149 Å². The summed E-state index contributed by atoms with van der Waals surface area (Å²) in [5.41, 5.74) is 5.73. The minimum atomic E-state index is -1.20. The SMILES string of the molecule is COCCC(=O)N[C@@H](CSSC(C)(C)C)C(=O)N[C@@H](CCCCNC(=O)[C@H](CN)N1C(=O)C=CC1=O)C(=O)N[C@@H](CSSC(C)(C)C)C(=O)NCCOC(C)CCC(=O)O. The Labute approximate surface area is 369 Å². The minimum absolute atomic E-state index is 0.0158. The molecule has 0 saturated carbocycles. The molecule has 0 saturated heterocycles. The molecule has 1 unspecified atom stereocenters. The van der Waals surface area contributed by atoms with Crippen LogP contribution in [0.5, 0.6) is 0 Å². The van der Waals surface area contributed by atoms with Gasteiger partial charge < -0.3 is 46.9 Å². The van der Waals surface area contributed by atoms with E-state index in [-0.39, 0.29) is 79.2 Å². The van der Waals surface area contributed by atoms with Crippen molar-refractivity contribution in [1.29, 1.82) is 0 Å². The third-order valence-corrected chi connectivity index (χ3v) is 14.7. The topological polar surface area (TPSA) is 265 Å². The van der Waals surface area contributed by atoms with Crippen molar-refractivity contribution in [3.8, 4) is 0 Å². The summed E-state index contributed by atoms with van der Waals surface area (Å²) in [6.45, 7) is 14.0. The Hall–Kier alpha value is -3.02. The highest BCUT2D eigenvalue weighted by atomic mass is 33.1. The first-order valence-corrected chi connectivity index (χ1v) is 24.4. The number of carboxylic acid groups (broad SMARTS) is 1. The molecule has 0 aliphatic carbocycles. The highest BCUT2D eigenvalue weighted by Gasteiger charge is 2.35. The van der Waals surface area contributed by atoms with Crippen molar-refractivity contribution in [1.82, 2.24) is 31.5 Å². The quantitative estimate of drug-likeness (QED) is 0.0308. The second-order valence-corrected chi connectivity index (χ2v) is 22.1. The number of ether oxygens (including phenoxy) is 2. The number of hydrogen-bond acceptors (Lipinski definition) is 15. The molecule has 60 heavy (non-hydrogen) atoms. The van der Waals surface area contributed by atoms with Crippen LogP contribution in [0.4, 0.5) is 0 Å². The molecular formula is C38H65N7O11S4. The predicted octanol–water partition coefficient (Wildman–Crippen LogP) is 1.76. The first-order valence-electron chi connectivity index (χ1n) is 19.7. The van der Waals surface area contributed by atoms with Crippen LogP contribution in [-0.2, 0) is 47.8 Å². The number of carbonyl (C=O) groups excluding carboxylic acids is 7. The summed E-state index contributed by atoms with van der Waals surface area (Å²) < 4.78 is 10.3. The molecule has 5 atom stereocenters. The van der Waals surface area contributed by atoms with E-state index < -0.39 is 71.5 Å². The highest BCUT2D eigenvalue weighted by molar-refractivity contribution is 8.77. The molecule has 1 rings (SSSR count). The Morgan fingerprint density at radius 2 is 1.27 bits per heavy atom. The van der Waals surface area contributed by atoms with Gasteiger partial charge in [-0.15, -0.1) is 0 Å². The minimum Gasteiger partial charge on any atom is -0.481 e. The van der Waals surface area contributed by atoms with Crippen molar-refractivity contribution in [3.05, 3.63) is 12.2 Å². The van der Waals surface area contributed by atoms with E-state index in [0.29, 0.717) is 19.3 Å². The number of methoxy groups -OCH3 is 1. The number of nitrogens with two attached hydrogens (primary N) is 1. The molecule has 1 aliphatic rings. The van der Waals surface area contributed by atoms with Gasteiger partial charge in [0, 0.05) is 72.7 Å². The number of aliphatic carboxylic acids is 1. The van der Waals surface area contributed by atoms with E-state index in [1.165, 1.54) is 50.3 Å². The first-order chi connectivity index (χ1) is 28.1. The lowest BCUT2D eigenvalue weighted by molar-refractivity contribution is -0.145. The summed E-state index contributed by atoms with van der Waals surface area (Å²) in [6, 6.07) is -4.41. The maximum atomic E-state index is 14.1. The molecule has 8 N–H and O–H groups in total. The zero-order valence-corrected chi connectivity index (χ0v) is 39.2. The van der Waals surface area contributed by atoms with E-state index in [0.717, 1.165) is 17.1 Å². The van der Waals surface area contributed by atoms with E-state index in [1.54, 1.807) is 6.92 Å². The molecule has 0 fully saturated rings. The molecule has 0 bridgehead atoms. The molecule has 18 nitrogen and oxygen atoms in total. The third kappa shape index (κ3) is 23.8. The molecule has 0 radical (unpaired) electrons. The number of amides is 7. The fourth-order valence-electron chi connectivity index (χ4n) is 5.02.